The fraction of sp³-hybridized carbons (Fsp3) is 0.333. The Bertz CT molecular complexity index is 532. The van der Waals surface area contributed by atoms with E-state index in [4.69, 9.17) is 5.73 Å². The maximum Gasteiger partial charge on any atom is 0.257 e. The van der Waals surface area contributed by atoms with E-state index in [0.717, 1.165) is 11.3 Å². The fourth-order valence-electron chi connectivity index (χ4n) is 1.72. The molecule has 2 rings (SSSR count). The molecule has 0 aliphatic carbocycles. The predicted molar refractivity (Wildman–Crippen MR) is 72.4 cm³/mol. The summed E-state index contributed by atoms with van der Waals surface area (Å²) in [4.78, 5) is 13.3. The first kappa shape index (κ1) is 12.6. The summed E-state index contributed by atoms with van der Waals surface area (Å²) >= 11 is 1.64. The monoisotopic (exact) mass is 264 g/mol. The lowest BCUT2D eigenvalue weighted by atomic mass is 10.1. The molecule has 0 aromatic carbocycles. The molecule has 96 valence electrons. The van der Waals surface area contributed by atoms with Gasteiger partial charge in [0.2, 0.25) is 0 Å². The molecule has 0 fully saturated rings. The Morgan fingerprint density at radius 2 is 2.44 bits per heavy atom. The number of rotatable bonds is 4. The molecule has 0 aliphatic heterocycles. The van der Waals surface area contributed by atoms with E-state index in [1.807, 2.05) is 24.4 Å². The van der Waals surface area contributed by atoms with E-state index in [0.29, 0.717) is 11.4 Å². The quantitative estimate of drug-likeness (QED) is 0.886. The Kier molecular flexibility index (Phi) is 3.66. The van der Waals surface area contributed by atoms with Gasteiger partial charge in [-0.2, -0.15) is 5.10 Å². The lowest BCUT2D eigenvalue weighted by Crippen LogP contribution is -2.28. The lowest BCUT2D eigenvalue weighted by molar-refractivity contribution is 0.0937. The maximum atomic E-state index is 12.1. The van der Waals surface area contributed by atoms with Crippen molar-refractivity contribution in [3.8, 4) is 0 Å². The minimum absolute atomic E-state index is 0.0251. The number of amides is 1. The van der Waals surface area contributed by atoms with Crippen LogP contribution >= 0.6 is 11.3 Å². The molecule has 5 nitrogen and oxygen atoms in total. The van der Waals surface area contributed by atoms with Gasteiger partial charge in [0.1, 0.15) is 11.4 Å². The molecule has 1 unspecified atom stereocenters. The van der Waals surface area contributed by atoms with Gasteiger partial charge in [-0.15, -0.1) is 11.3 Å². The van der Waals surface area contributed by atoms with Crippen molar-refractivity contribution in [3.05, 3.63) is 34.2 Å². The molecule has 1 amide bonds. The van der Waals surface area contributed by atoms with Crippen LogP contribution in [0.5, 0.6) is 0 Å². The molecule has 3 N–H and O–H groups in total. The highest BCUT2D eigenvalue weighted by Gasteiger charge is 2.18. The van der Waals surface area contributed by atoms with Crippen LogP contribution in [0, 0.1) is 0 Å². The Labute approximate surface area is 110 Å². The highest BCUT2D eigenvalue weighted by atomic mass is 32.1. The highest BCUT2D eigenvalue weighted by Crippen LogP contribution is 2.22. The lowest BCUT2D eigenvalue weighted by Gasteiger charge is -2.15. The minimum Gasteiger partial charge on any atom is -0.383 e. The summed E-state index contributed by atoms with van der Waals surface area (Å²) in [5, 5.41) is 8.95. The molecule has 6 heteroatoms. The second-order valence-corrected chi connectivity index (χ2v) is 5.00. The first-order valence-electron chi connectivity index (χ1n) is 5.75. The summed E-state index contributed by atoms with van der Waals surface area (Å²) in [5.41, 5.74) is 6.21. The summed E-state index contributed by atoms with van der Waals surface area (Å²) in [6, 6.07) is 4.02. The van der Waals surface area contributed by atoms with Crippen molar-refractivity contribution >= 4 is 23.1 Å². The van der Waals surface area contributed by atoms with E-state index in [-0.39, 0.29) is 11.9 Å². The van der Waals surface area contributed by atoms with Crippen LogP contribution in [0.2, 0.25) is 0 Å². The van der Waals surface area contributed by atoms with Crippen LogP contribution in [0.3, 0.4) is 0 Å². The number of hydrogen-bond acceptors (Lipinski definition) is 4. The minimum atomic E-state index is -0.180. The standard InChI is InChI=1S/C12H16N4OS/c1-3-9(10-5-4-6-18-10)15-12(17)8-7-14-16(2)11(8)13/h4-7,9H,3,13H2,1-2H3,(H,15,17). The van der Waals surface area contributed by atoms with Gasteiger partial charge in [-0.25, -0.2) is 0 Å². The summed E-state index contributed by atoms with van der Waals surface area (Å²) in [7, 11) is 1.71. The first-order valence-corrected chi connectivity index (χ1v) is 6.63. The molecule has 0 aliphatic rings. The van der Waals surface area contributed by atoms with Crippen LogP contribution < -0.4 is 11.1 Å². The van der Waals surface area contributed by atoms with Crippen molar-refractivity contribution in [3.63, 3.8) is 0 Å². The van der Waals surface area contributed by atoms with Crippen LogP contribution in [0.15, 0.2) is 23.7 Å². The molecular formula is C12H16N4OS. The van der Waals surface area contributed by atoms with Crippen molar-refractivity contribution in [2.75, 3.05) is 5.73 Å². The number of nitrogen functional groups attached to an aromatic ring is 1. The SMILES string of the molecule is CCC(NC(=O)c1cnn(C)c1N)c1cccs1. The van der Waals surface area contributed by atoms with Gasteiger partial charge in [-0.1, -0.05) is 13.0 Å². The third-order valence-corrected chi connectivity index (χ3v) is 3.82. The number of carbonyl (C=O) groups is 1. The largest absolute Gasteiger partial charge is 0.383 e. The number of hydrogen-bond donors (Lipinski definition) is 2. The molecule has 18 heavy (non-hydrogen) atoms. The van der Waals surface area contributed by atoms with Crippen molar-refractivity contribution in [2.24, 2.45) is 7.05 Å². The number of thiophene rings is 1. The second-order valence-electron chi connectivity index (χ2n) is 4.02. The molecule has 0 saturated carbocycles. The zero-order chi connectivity index (χ0) is 13.1. The topological polar surface area (TPSA) is 72.9 Å². The normalized spacial score (nSPS) is 12.3. The Morgan fingerprint density at radius 1 is 1.67 bits per heavy atom. The van der Waals surface area contributed by atoms with Crippen LogP contribution in [-0.4, -0.2) is 15.7 Å². The van der Waals surface area contributed by atoms with Crippen molar-refractivity contribution < 1.29 is 4.79 Å². The van der Waals surface area contributed by atoms with Crippen molar-refractivity contribution in [1.29, 1.82) is 0 Å². The molecule has 2 aromatic rings. The van der Waals surface area contributed by atoms with Gasteiger partial charge in [0.05, 0.1) is 12.2 Å². The molecule has 1 atom stereocenters. The third-order valence-electron chi connectivity index (χ3n) is 2.83. The number of aromatic nitrogens is 2. The summed E-state index contributed by atoms with van der Waals surface area (Å²) in [6.45, 7) is 2.04. The predicted octanol–water partition coefficient (Wildman–Crippen LogP) is 1.94. The van der Waals surface area contributed by atoms with Crippen LogP contribution in [0.25, 0.3) is 0 Å². The van der Waals surface area contributed by atoms with E-state index in [2.05, 4.69) is 10.4 Å². The van der Waals surface area contributed by atoms with Gasteiger partial charge in [0.15, 0.2) is 0 Å². The first-order chi connectivity index (χ1) is 8.63. The number of carbonyl (C=O) groups excluding carboxylic acids is 1. The van der Waals surface area contributed by atoms with E-state index in [9.17, 15) is 4.79 Å². The smallest absolute Gasteiger partial charge is 0.257 e. The average Bonchev–Trinajstić information content (AvgIpc) is 2.98. The molecule has 0 saturated heterocycles. The van der Waals surface area contributed by atoms with Crippen molar-refractivity contribution in [2.45, 2.75) is 19.4 Å². The summed E-state index contributed by atoms with van der Waals surface area (Å²) in [6.07, 6.45) is 2.33. The molecule has 0 spiro atoms. The molecule has 2 heterocycles. The van der Waals surface area contributed by atoms with E-state index < -0.39 is 0 Å². The van der Waals surface area contributed by atoms with Gasteiger partial charge >= 0.3 is 0 Å². The molecule has 2 aromatic heterocycles. The Morgan fingerprint density at radius 3 is 2.94 bits per heavy atom. The van der Waals surface area contributed by atoms with E-state index in [1.165, 1.54) is 10.9 Å². The molecule has 0 bridgehead atoms. The highest BCUT2D eigenvalue weighted by molar-refractivity contribution is 7.10. The van der Waals surface area contributed by atoms with Crippen molar-refractivity contribution in [1.82, 2.24) is 15.1 Å². The number of nitrogens with one attached hydrogen (secondary N) is 1. The third kappa shape index (κ3) is 2.38. The van der Waals surface area contributed by atoms with Gasteiger partial charge in [0.25, 0.3) is 5.91 Å². The van der Waals surface area contributed by atoms with Gasteiger partial charge in [0, 0.05) is 11.9 Å². The van der Waals surface area contributed by atoms with Crippen LogP contribution in [0.4, 0.5) is 5.82 Å². The second kappa shape index (κ2) is 5.22. The number of anilines is 1. The van der Waals surface area contributed by atoms with Gasteiger partial charge < -0.3 is 11.1 Å². The number of nitrogens with two attached hydrogens (primary N) is 1. The fourth-order valence-corrected chi connectivity index (χ4v) is 2.58. The van der Waals surface area contributed by atoms with Crippen LogP contribution in [-0.2, 0) is 7.05 Å². The molecular weight excluding hydrogens is 248 g/mol. The average molecular weight is 264 g/mol. The maximum absolute atomic E-state index is 12.1. The van der Waals surface area contributed by atoms with E-state index in [1.54, 1.807) is 18.4 Å². The number of aryl methyl sites for hydroxylation is 1. The summed E-state index contributed by atoms with van der Waals surface area (Å²) in [5.74, 6) is 0.203. The summed E-state index contributed by atoms with van der Waals surface area (Å²) < 4.78 is 1.49. The zero-order valence-electron chi connectivity index (χ0n) is 10.4. The van der Waals surface area contributed by atoms with Gasteiger partial charge in [-0.3, -0.25) is 9.48 Å². The molecule has 0 radical (unpaired) electrons. The Balaban J connectivity index is 2.13. The van der Waals surface area contributed by atoms with Gasteiger partial charge in [-0.05, 0) is 17.9 Å². The Hall–Kier alpha value is -1.82. The van der Waals surface area contributed by atoms with Crippen LogP contribution in [0.1, 0.15) is 34.6 Å². The zero-order valence-corrected chi connectivity index (χ0v) is 11.2. The van der Waals surface area contributed by atoms with E-state index >= 15 is 0 Å². The number of nitrogens with zero attached hydrogens (tertiary/aromatic N) is 2.